The number of ether oxygens (including phenoxy) is 1. The van der Waals surface area contributed by atoms with E-state index >= 15 is 0 Å². The highest BCUT2D eigenvalue weighted by Crippen LogP contribution is 2.19. The Labute approximate surface area is 147 Å². The van der Waals surface area contributed by atoms with Gasteiger partial charge in [-0.05, 0) is 37.6 Å². The molecule has 2 N–H and O–H groups in total. The summed E-state index contributed by atoms with van der Waals surface area (Å²) in [5, 5.41) is 5.35. The van der Waals surface area contributed by atoms with Gasteiger partial charge in [-0.1, -0.05) is 36.4 Å². The monoisotopic (exact) mass is 338 g/mol. The molecule has 0 aromatic heterocycles. The Bertz CT molecular complexity index is 768. The van der Waals surface area contributed by atoms with Crippen LogP contribution in [0.3, 0.4) is 0 Å². The molecule has 0 aliphatic rings. The highest BCUT2D eigenvalue weighted by molar-refractivity contribution is 6.08. The van der Waals surface area contributed by atoms with Gasteiger partial charge in [0, 0.05) is 18.7 Å². The van der Waals surface area contributed by atoms with Crippen LogP contribution in [0.4, 0.5) is 5.69 Å². The van der Waals surface area contributed by atoms with Crippen molar-refractivity contribution in [2.24, 2.45) is 0 Å². The van der Waals surface area contributed by atoms with Crippen LogP contribution in [-0.2, 0) is 9.59 Å². The largest absolute Gasteiger partial charge is 0.491 e. The van der Waals surface area contributed by atoms with Gasteiger partial charge >= 0.3 is 0 Å². The number of nitrogens with one attached hydrogen (secondary N) is 2. The molecular weight excluding hydrogens is 316 g/mol. The van der Waals surface area contributed by atoms with Crippen LogP contribution in [0.15, 0.2) is 60.3 Å². The normalized spacial score (nSPS) is 11.1. The lowest BCUT2D eigenvalue weighted by molar-refractivity contribution is -0.120. The quantitative estimate of drug-likeness (QED) is 0.791. The first-order valence-electron chi connectivity index (χ1n) is 8.06. The van der Waals surface area contributed by atoms with Crippen molar-refractivity contribution in [3.63, 3.8) is 0 Å². The molecule has 2 rings (SSSR count). The van der Waals surface area contributed by atoms with Crippen molar-refractivity contribution >= 4 is 23.6 Å². The summed E-state index contributed by atoms with van der Waals surface area (Å²) < 4.78 is 5.62. The van der Waals surface area contributed by atoms with E-state index < -0.39 is 5.91 Å². The molecule has 2 aromatic rings. The molecule has 2 aromatic carbocycles. The molecule has 0 unspecified atom stereocenters. The third-order valence-electron chi connectivity index (χ3n) is 3.13. The predicted octanol–water partition coefficient (Wildman–Crippen LogP) is 3.59. The molecule has 0 fully saturated rings. The molecule has 25 heavy (non-hydrogen) atoms. The molecule has 0 atom stereocenters. The molecule has 5 heteroatoms. The smallest absolute Gasteiger partial charge is 0.272 e. The number of carbonyl (C=O) groups is 2. The summed E-state index contributed by atoms with van der Waals surface area (Å²) in [5.74, 6) is -0.0455. The average molecular weight is 338 g/mol. The molecule has 0 saturated heterocycles. The van der Waals surface area contributed by atoms with Gasteiger partial charge in [-0.2, -0.15) is 0 Å². The number of hydrogen-bond donors (Lipinski definition) is 2. The lowest BCUT2D eigenvalue weighted by Gasteiger charge is -2.13. The number of hydrogen-bond acceptors (Lipinski definition) is 3. The molecule has 0 saturated carbocycles. The Hall–Kier alpha value is -3.08. The van der Waals surface area contributed by atoms with Gasteiger partial charge in [-0.3, -0.25) is 9.59 Å². The van der Waals surface area contributed by atoms with Gasteiger partial charge in [0.05, 0.1) is 6.10 Å². The van der Waals surface area contributed by atoms with Crippen LogP contribution in [0.5, 0.6) is 5.75 Å². The van der Waals surface area contributed by atoms with E-state index in [2.05, 4.69) is 10.6 Å². The first-order valence-corrected chi connectivity index (χ1v) is 8.06. The summed E-state index contributed by atoms with van der Waals surface area (Å²) in [4.78, 5) is 24.0. The van der Waals surface area contributed by atoms with Crippen molar-refractivity contribution in [2.75, 3.05) is 5.32 Å². The van der Waals surface area contributed by atoms with Gasteiger partial charge in [-0.15, -0.1) is 0 Å². The second-order valence-corrected chi connectivity index (χ2v) is 5.80. The van der Waals surface area contributed by atoms with Crippen LogP contribution < -0.4 is 15.4 Å². The molecule has 0 aliphatic carbocycles. The van der Waals surface area contributed by atoms with E-state index in [0.29, 0.717) is 11.4 Å². The maximum atomic E-state index is 12.6. The SMILES string of the molecule is CC(=O)N/C(=C\c1ccccc1)C(=O)Nc1cccc(OC(C)C)c1. The van der Waals surface area contributed by atoms with E-state index in [1.165, 1.54) is 6.92 Å². The fourth-order valence-electron chi connectivity index (χ4n) is 2.18. The topological polar surface area (TPSA) is 67.4 Å². The highest BCUT2D eigenvalue weighted by Gasteiger charge is 2.12. The minimum absolute atomic E-state index is 0.0406. The zero-order valence-electron chi connectivity index (χ0n) is 14.6. The predicted molar refractivity (Wildman–Crippen MR) is 99.1 cm³/mol. The van der Waals surface area contributed by atoms with Crippen LogP contribution in [0.1, 0.15) is 26.3 Å². The van der Waals surface area contributed by atoms with Crippen LogP contribution >= 0.6 is 0 Å². The van der Waals surface area contributed by atoms with Gasteiger partial charge in [0.15, 0.2) is 0 Å². The number of rotatable bonds is 6. The fraction of sp³-hybridized carbons (Fsp3) is 0.200. The van der Waals surface area contributed by atoms with E-state index in [1.807, 2.05) is 50.2 Å². The third kappa shape index (κ3) is 6.14. The first kappa shape index (κ1) is 18.3. The Kier molecular flexibility index (Phi) is 6.34. The summed E-state index contributed by atoms with van der Waals surface area (Å²) in [6, 6.07) is 16.4. The molecule has 5 nitrogen and oxygen atoms in total. The molecule has 0 radical (unpaired) electrons. The van der Waals surface area contributed by atoms with Crippen LogP contribution in [0.25, 0.3) is 6.08 Å². The van der Waals surface area contributed by atoms with E-state index in [-0.39, 0.29) is 17.7 Å². The third-order valence-corrected chi connectivity index (χ3v) is 3.13. The average Bonchev–Trinajstić information content (AvgIpc) is 2.54. The molecular formula is C20H22N2O3. The Morgan fingerprint density at radius 3 is 2.40 bits per heavy atom. The zero-order chi connectivity index (χ0) is 18.2. The molecule has 0 heterocycles. The second-order valence-electron chi connectivity index (χ2n) is 5.80. The van der Waals surface area contributed by atoms with Crippen molar-refractivity contribution in [1.29, 1.82) is 0 Å². The molecule has 0 bridgehead atoms. The lowest BCUT2D eigenvalue weighted by Crippen LogP contribution is -2.28. The van der Waals surface area contributed by atoms with E-state index in [1.54, 1.807) is 24.3 Å². The van der Waals surface area contributed by atoms with Crippen molar-refractivity contribution < 1.29 is 14.3 Å². The zero-order valence-corrected chi connectivity index (χ0v) is 14.6. The molecule has 0 aliphatic heterocycles. The Morgan fingerprint density at radius 1 is 1.04 bits per heavy atom. The van der Waals surface area contributed by atoms with Gasteiger partial charge in [0.25, 0.3) is 5.91 Å². The number of anilines is 1. The van der Waals surface area contributed by atoms with Gasteiger partial charge in [0.1, 0.15) is 11.4 Å². The summed E-state index contributed by atoms with van der Waals surface area (Å²) >= 11 is 0. The summed E-state index contributed by atoms with van der Waals surface area (Å²) in [6.45, 7) is 5.23. The fourth-order valence-corrected chi connectivity index (χ4v) is 2.18. The first-order chi connectivity index (χ1) is 11.9. The Morgan fingerprint density at radius 2 is 1.76 bits per heavy atom. The molecule has 130 valence electrons. The molecule has 0 spiro atoms. The van der Waals surface area contributed by atoms with Crippen molar-refractivity contribution in [3.8, 4) is 5.75 Å². The van der Waals surface area contributed by atoms with Crippen LogP contribution in [0.2, 0.25) is 0 Å². The summed E-state index contributed by atoms with van der Waals surface area (Å²) in [5.41, 5.74) is 1.58. The maximum Gasteiger partial charge on any atom is 0.272 e. The van der Waals surface area contributed by atoms with Gasteiger partial charge < -0.3 is 15.4 Å². The number of amides is 2. The summed E-state index contributed by atoms with van der Waals surface area (Å²) in [6.07, 6.45) is 1.67. The van der Waals surface area contributed by atoms with Crippen LogP contribution in [-0.4, -0.2) is 17.9 Å². The lowest BCUT2D eigenvalue weighted by atomic mass is 10.2. The van der Waals surface area contributed by atoms with Crippen molar-refractivity contribution in [3.05, 3.63) is 65.9 Å². The van der Waals surface area contributed by atoms with Gasteiger partial charge in [-0.25, -0.2) is 0 Å². The van der Waals surface area contributed by atoms with Gasteiger partial charge in [0.2, 0.25) is 5.91 Å². The Balaban J connectivity index is 2.20. The van der Waals surface area contributed by atoms with E-state index in [9.17, 15) is 9.59 Å². The highest BCUT2D eigenvalue weighted by atomic mass is 16.5. The van der Waals surface area contributed by atoms with Crippen LogP contribution in [0, 0.1) is 0 Å². The number of benzene rings is 2. The number of carbonyl (C=O) groups excluding carboxylic acids is 2. The standard InChI is InChI=1S/C20H22N2O3/c1-14(2)25-18-11-7-10-17(13-18)22-20(24)19(21-15(3)23)12-16-8-5-4-6-9-16/h4-14H,1-3H3,(H,21,23)(H,22,24)/b19-12-. The maximum absolute atomic E-state index is 12.6. The van der Waals surface area contributed by atoms with E-state index in [4.69, 9.17) is 4.74 Å². The van der Waals surface area contributed by atoms with Crippen molar-refractivity contribution in [1.82, 2.24) is 5.32 Å². The summed E-state index contributed by atoms with van der Waals surface area (Å²) in [7, 11) is 0. The minimum atomic E-state index is -0.402. The minimum Gasteiger partial charge on any atom is -0.491 e. The molecule has 2 amide bonds. The second kappa shape index (κ2) is 8.68. The van der Waals surface area contributed by atoms with Crippen molar-refractivity contribution in [2.45, 2.75) is 26.9 Å². The van der Waals surface area contributed by atoms with E-state index in [0.717, 1.165) is 5.56 Å².